The van der Waals surface area contributed by atoms with Crippen LogP contribution in [0.3, 0.4) is 0 Å². The van der Waals surface area contributed by atoms with Crippen molar-refractivity contribution in [3.05, 3.63) is 77.7 Å². The number of carbonyl (C=O) groups excluding carboxylic acids is 1. The number of imidazole rings is 1. The topological polar surface area (TPSA) is 69.0 Å². The number of ether oxygens (including phenoxy) is 1. The normalized spacial score (nSPS) is 19.4. The number of benzene rings is 2. The summed E-state index contributed by atoms with van der Waals surface area (Å²) in [6.45, 7) is 0. The maximum atomic E-state index is 13.0. The predicted molar refractivity (Wildman–Crippen MR) is 109 cm³/mol. The molecule has 0 saturated heterocycles. The van der Waals surface area contributed by atoms with Crippen LogP contribution in [0.1, 0.15) is 40.3 Å². The van der Waals surface area contributed by atoms with E-state index in [9.17, 15) is 4.79 Å². The molecule has 4 aromatic rings. The highest BCUT2D eigenvalue weighted by Crippen LogP contribution is 2.47. The summed E-state index contributed by atoms with van der Waals surface area (Å²) in [7, 11) is 1.60. The Morgan fingerprint density at radius 1 is 1.07 bits per heavy atom. The summed E-state index contributed by atoms with van der Waals surface area (Å²) in [5, 5.41) is 3.18. The van der Waals surface area contributed by atoms with E-state index in [1.165, 1.54) is 0 Å². The molecule has 2 bridgehead atoms. The number of rotatable bonds is 2. The summed E-state index contributed by atoms with van der Waals surface area (Å²) >= 11 is 0. The first-order valence-corrected chi connectivity index (χ1v) is 9.65. The summed E-state index contributed by atoms with van der Waals surface area (Å²) in [5.74, 6) is 1.45. The Morgan fingerprint density at radius 2 is 1.93 bits per heavy atom. The molecule has 0 aliphatic carbocycles. The van der Waals surface area contributed by atoms with Crippen LogP contribution in [0.25, 0.3) is 22.2 Å². The van der Waals surface area contributed by atoms with Crippen LogP contribution in [0.5, 0.6) is 5.88 Å². The molecule has 142 valence electrons. The van der Waals surface area contributed by atoms with Crippen LogP contribution in [0.4, 0.5) is 0 Å². The van der Waals surface area contributed by atoms with Gasteiger partial charge in [-0.1, -0.05) is 24.3 Å². The SMILES string of the molecule is COc1ccc(-c2cccc3c2C2CC(NC3=O)c3nc4ccccc4n32)cn1. The molecule has 6 heteroatoms. The maximum absolute atomic E-state index is 13.0. The average Bonchev–Trinajstić information content (AvgIpc) is 3.26. The van der Waals surface area contributed by atoms with Gasteiger partial charge in [0, 0.05) is 23.4 Å². The van der Waals surface area contributed by atoms with E-state index < -0.39 is 0 Å². The maximum Gasteiger partial charge on any atom is 0.252 e. The first kappa shape index (κ1) is 16.3. The third kappa shape index (κ3) is 2.26. The Balaban J connectivity index is 1.62. The molecule has 2 aromatic heterocycles. The quantitative estimate of drug-likeness (QED) is 0.571. The number of hydrogen-bond acceptors (Lipinski definition) is 4. The van der Waals surface area contributed by atoms with Crippen LogP contribution >= 0.6 is 0 Å². The fourth-order valence-corrected chi connectivity index (χ4v) is 4.71. The summed E-state index contributed by atoms with van der Waals surface area (Å²) in [6.07, 6.45) is 2.60. The van der Waals surface area contributed by atoms with Gasteiger partial charge in [-0.25, -0.2) is 9.97 Å². The molecule has 0 saturated carbocycles. The van der Waals surface area contributed by atoms with E-state index in [1.807, 2.05) is 42.5 Å². The smallest absolute Gasteiger partial charge is 0.252 e. The van der Waals surface area contributed by atoms with Crippen molar-refractivity contribution < 1.29 is 9.53 Å². The highest BCUT2D eigenvalue weighted by molar-refractivity contribution is 5.99. The highest BCUT2D eigenvalue weighted by atomic mass is 16.5. The molecular weight excluding hydrogens is 364 g/mol. The van der Waals surface area contributed by atoms with Crippen LogP contribution in [0.2, 0.25) is 0 Å². The van der Waals surface area contributed by atoms with Crippen LogP contribution in [-0.2, 0) is 0 Å². The molecule has 2 aromatic carbocycles. The second-order valence-electron chi connectivity index (χ2n) is 7.46. The number of amides is 1. The molecule has 29 heavy (non-hydrogen) atoms. The average molecular weight is 382 g/mol. The molecule has 0 spiro atoms. The minimum absolute atomic E-state index is 0.0367. The lowest BCUT2D eigenvalue weighted by molar-refractivity contribution is 0.0939. The van der Waals surface area contributed by atoms with Crippen LogP contribution in [0.15, 0.2) is 60.8 Å². The van der Waals surface area contributed by atoms with Crippen molar-refractivity contribution >= 4 is 16.9 Å². The lowest BCUT2D eigenvalue weighted by Gasteiger charge is -2.21. The van der Waals surface area contributed by atoms with Crippen molar-refractivity contribution in [1.29, 1.82) is 0 Å². The van der Waals surface area contributed by atoms with Crippen molar-refractivity contribution in [2.75, 3.05) is 7.11 Å². The molecule has 4 heterocycles. The minimum Gasteiger partial charge on any atom is -0.481 e. The Hall–Kier alpha value is -3.67. The highest BCUT2D eigenvalue weighted by Gasteiger charge is 2.41. The minimum atomic E-state index is -0.0888. The van der Waals surface area contributed by atoms with Gasteiger partial charge in [-0.05, 0) is 41.8 Å². The summed E-state index contributed by atoms with van der Waals surface area (Å²) in [4.78, 5) is 22.2. The molecule has 2 atom stereocenters. The number of carbonyl (C=O) groups is 1. The van der Waals surface area contributed by atoms with Crippen LogP contribution in [-0.4, -0.2) is 27.6 Å². The van der Waals surface area contributed by atoms with Gasteiger partial charge in [-0.3, -0.25) is 4.79 Å². The number of aromatic nitrogens is 3. The fourth-order valence-electron chi connectivity index (χ4n) is 4.71. The van der Waals surface area contributed by atoms with E-state index in [2.05, 4.69) is 27.0 Å². The van der Waals surface area contributed by atoms with Gasteiger partial charge in [-0.15, -0.1) is 0 Å². The molecule has 0 fully saturated rings. The van der Waals surface area contributed by atoms with Gasteiger partial charge < -0.3 is 14.6 Å². The second kappa shape index (κ2) is 5.91. The van der Waals surface area contributed by atoms with Crippen molar-refractivity contribution in [2.45, 2.75) is 18.5 Å². The third-order valence-corrected chi connectivity index (χ3v) is 5.95. The van der Waals surface area contributed by atoms with Gasteiger partial charge in [0.05, 0.1) is 30.2 Å². The zero-order valence-electron chi connectivity index (χ0n) is 15.8. The Morgan fingerprint density at radius 3 is 2.76 bits per heavy atom. The summed E-state index contributed by atoms with van der Waals surface area (Å²) in [5.41, 5.74) is 5.78. The van der Waals surface area contributed by atoms with E-state index in [-0.39, 0.29) is 18.0 Å². The molecule has 6 rings (SSSR count). The molecule has 2 aliphatic rings. The zero-order valence-corrected chi connectivity index (χ0v) is 15.8. The summed E-state index contributed by atoms with van der Waals surface area (Å²) < 4.78 is 7.49. The number of hydrogen-bond donors (Lipinski definition) is 1. The third-order valence-electron chi connectivity index (χ3n) is 5.95. The second-order valence-corrected chi connectivity index (χ2v) is 7.46. The first-order valence-electron chi connectivity index (χ1n) is 9.65. The number of fused-ring (bicyclic) bond motifs is 9. The standard InChI is InChI=1S/C23H18N4O2/c1-29-20-10-9-13(12-24-20)14-5-4-6-15-21(14)19-11-17(26-23(15)28)22-25-16-7-2-3-8-18(16)27(19)22/h2-10,12,17,19H,11H2,1H3,(H,26,28). The number of nitrogens with zero attached hydrogens (tertiary/aromatic N) is 3. The van der Waals surface area contributed by atoms with Gasteiger partial charge in [0.15, 0.2) is 0 Å². The lowest BCUT2D eigenvalue weighted by Crippen LogP contribution is -2.28. The van der Waals surface area contributed by atoms with Gasteiger partial charge in [0.25, 0.3) is 5.91 Å². The lowest BCUT2D eigenvalue weighted by atomic mass is 9.90. The van der Waals surface area contributed by atoms with Gasteiger partial charge >= 0.3 is 0 Å². The molecule has 1 N–H and O–H groups in total. The van der Waals surface area contributed by atoms with Crippen molar-refractivity contribution in [2.24, 2.45) is 0 Å². The Bertz CT molecular complexity index is 1280. The van der Waals surface area contributed by atoms with E-state index in [4.69, 9.17) is 9.72 Å². The molecular formula is C23H18N4O2. The van der Waals surface area contributed by atoms with Gasteiger partial charge in [0.2, 0.25) is 5.88 Å². The van der Waals surface area contributed by atoms with Crippen molar-refractivity contribution in [3.8, 4) is 17.0 Å². The summed E-state index contributed by atoms with van der Waals surface area (Å²) in [6, 6.07) is 17.8. The van der Waals surface area contributed by atoms with E-state index in [0.29, 0.717) is 11.4 Å². The molecule has 6 nitrogen and oxygen atoms in total. The monoisotopic (exact) mass is 382 g/mol. The van der Waals surface area contributed by atoms with E-state index in [1.54, 1.807) is 13.3 Å². The fraction of sp³-hybridized carbons (Fsp3) is 0.174. The number of para-hydroxylation sites is 2. The van der Waals surface area contributed by atoms with E-state index >= 15 is 0 Å². The number of nitrogens with one attached hydrogen (secondary N) is 1. The molecule has 0 radical (unpaired) electrons. The zero-order chi connectivity index (χ0) is 19.5. The van der Waals surface area contributed by atoms with Crippen molar-refractivity contribution in [3.63, 3.8) is 0 Å². The van der Waals surface area contributed by atoms with E-state index in [0.717, 1.165) is 40.0 Å². The first-order chi connectivity index (χ1) is 14.2. The van der Waals surface area contributed by atoms with Crippen molar-refractivity contribution in [1.82, 2.24) is 19.9 Å². The Labute approximate surface area is 167 Å². The predicted octanol–water partition coefficient (Wildman–Crippen LogP) is 3.88. The largest absolute Gasteiger partial charge is 0.481 e. The van der Waals surface area contributed by atoms with Gasteiger partial charge in [0.1, 0.15) is 5.82 Å². The molecule has 1 amide bonds. The molecule has 2 aliphatic heterocycles. The Kier molecular flexibility index (Phi) is 3.32. The van der Waals surface area contributed by atoms with Crippen LogP contribution < -0.4 is 10.1 Å². The number of methoxy groups -OCH3 is 1. The van der Waals surface area contributed by atoms with Crippen LogP contribution in [0, 0.1) is 0 Å². The number of pyridine rings is 1. The van der Waals surface area contributed by atoms with Gasteiger partial charge in [-0.2, -0.15) is 0 Å². The molecule has 2 unspecified atom stereocenters.